The Bertz CT molecular complexity index is 341. The van der Waals surface area contributed by atoms with Gasteiger partial charge in [0.05, 0.1) is 6.42 Å². The SMILES string of the molecule is N[C@@H](CCC(=O)O)C(=O)O.O=C(O)CC(O)C(=O)O. The summed E-state index contributed by atoms with van der Waals surface area (Å²) in [4.78, 5) is 39.3. The maximum absolute atomic E-state index is 9.99. The number of rotatable bonds is 7. The van der Waals surface area contributed by atoms with Crippen LogP contribution in [-0.2, 0) is 19.2 Å². The third-order valence-corrected chi connectivity index (χ3v) is 1.64. The molecular formula is C9H15NO9. The van der Waals surface area contributed by atoms with Gasteiger partial charge in [0.1, 0.15) is 6.04 Å². The van der Waals surface area contributed by atoms with E-state index in [1.165, 1.54) is 0 Å². The summed E-state index contributed by atoms with van der Waals surface area (Å²) < 4.78 is 0. The topological polar surface area (TPSA) is 195 Å². The largest absolute Gasteiger partial charge is 0.481 e. The van der Waals surface area contributed by atoms with Gasteiger partial charge in [0.25, 0.3) is 0 Å². The molecule has 0 saturated heterocycles. The minimum atomic E-state index is -1.79. The monoisotopic (exact) mass is 281 g/mol. The van der Waals surface area contributed by atoms with Crippen LogP contribution >= 0.6 is 0 Å². The van der Waals surface area contributed by atoms with Crippen molar-refractivity contribution < 1.29 is 44.7 Å². The second kappa shape index (κ2) is 9.79. The fourth-order valence-corrected chi connectivity index (χ4v) is 0.655. The number of aliphatic carboxylic acids is 4. The Balaban J connectivity index is 0. The standard InChI is InChI=1S/C5H9NO4.C4H6O5/c6-3(5(9)10)1-2-4(7)8;5-2(4(8)9)1-3(6)7/h3H,1-2,6H2,(H,7,8)(H,9,10);2,5H,1H2,(H,6,7)(H,8,9)/t3-;/m0./s1. The third kappa shape index (κ3) is 13.7. The van der Waals surface area contributed by atoms with E-state index < -0.39 is 42.4 Å². The van der Waals surface area contributed by atoms with E-state index in [1.54, 1.807) is 0 Å². The smallest absolute Gasteiger partial charge is 0.333 e. The highest BCUT2D eigenvalue weighted by atomic mass is 16.4. The molecule has 0 heterocycles. The van der Waals surface area contributed by atoms with Crippen LogP contribution in [0.1, 0.15) is 19.3 Å². The van der Waals surface area contributed by atoms with Crippen molar-refractivity contribution in [3.63, 3.8) is 0 Å². The number of carboxylic acids is 4. The van der Waals surface area contributed by atoms with Crippen molar-refractivity contribution >= 4 is 23.9 Å². The summed E-state index contributed by atoms with van der Waals surface area (Å²) in [5.74, 6) is -5.04. The van der Waals surface area contributed by atoms with Gasteiger partial charge in [-0.15, -0.1) is 0 Å². The van der Waals surface area contributed by atoms with Gasteiger partial charge in [-0.05, 0) is 6.42 Å². The first-order chi connectivity index (χ1) is 8.57. The van der Waals surface area contributed by atoms with Gasteiger partial charge < -0.3 is 31.3 Å². The van der Waals surface area contributed by atoms with Gasteiger partial charge in [-0.3, -0.25) is 14.4 Å². The zero-order valence-corrected chi connectivity index (χ0v) is 9.72. The normalized spacial score (nSPS) is 12.5. The van der Waals surface area contributed by atoms with Gasteiger partial charge in [-0.2, -0.15) is 0 Å². The number of hydrogen-bond donors (Lipinski definition) is 6. The number of nitrogens with two attached hydrogens (primary N) is 1. The van der Waals surface area contributed by atoms with E-state index in [0.717, 1.165) is 0 Å². The van der Waals surface area contributed by atoms with Crippen LogP contribution in [0.4, 0.5) is 0 Å². The summed E-state index contributed by atoms with van der Waals surface area (Å²) in [6.07, 6.45) is -2.77. The lowest BCUT2D eigenvalue weighted by Gasteiger charge is -2.01. The molecule has 0 aromatic heterocycles. The molecule has 110 valence electrons. The summed E-state index contributed by atoms with van der Waals surface area (Å²) in [6.45, 7) is 0. The van der Waals surface area contributed by atoms with Gasteiger partial charge in [-0.25, -0.2) is 4.79 Å². The highest BCUT2D eigenvalue weighted by molar-refractivity contribution is 5.79. The highest BCUT2D eigenvalue weighted by Crippen LogP contribution is 1.93. The Morgan fingerprint density at radius 1 is 0.895 bits per heavy atom. The number of hydrogen-bond acceptors (Lipinski definition) is 6. The molecule has 0 amide bonds. The van der Waals surface area contributed by atoms with Crippen LogP contribution in [-0.4, -0.2) is 61.6 Å². The molecule has 2 atom stereocenters. The van der Waals surface area contributed by atoms with E-state index in [1.807, 2.05) is 0 Å². The maximum Gasteiger partial charge on any atom is 0.333 e. The summed E-state index contributed by atoms with van der Waals surface area (Å²) in [5, 5.41) is 40.4. The van der Waals surface area contributed by atoms with Crippen molar-refractivity contribution in [3.8, 4) is 0 Å². The minimum Gasteiger partial charge on any atom is -0.481 e. The zero-order chi connectivity index (χ0) is 15.6. The Hall–Kier alpha value is -2.20. The van der Waals surface area contributed by atoms with Crippen molar-refractivity contribution in [3.05, 3.63) is 0 Å². The van der Waals surface area contributed by atoms with Crippen molar-refractivity contribution in [2.24, 2.45) is 5.73 Å². The van der Waals surface area contributed by atoms with E-state index in [9.17, 15) is 19.2 Å². The van der Waals surface area contributed by atoms with Crippen LogP contribution < -0.4 is 5.73 Å². The molecule has 0 saturated carbocycles. The van der Waals surface area contributed by atoms with Crippen molar-refractivity contribution in [2.45, 2.75) is 31.4 Å². The summed E-state index contributed by atoms with van der Waals surface area (Å²) in [7, 11) is 0. The third-order valence-electron chi connectivity index (χ3n) is 1.64. The molecule has 0 aromatic carbocycles. The molecule has 0 radical (unpaired) electrons. The van der Waals surface area contributed by atoms with Crippen LogP contribution in [0.25, 0.3) is 0 Å². The molecule has 0 spiro atoms. The first-order valence-electron chi connectivity index (χ1n) is 4.90. The first kappa shape index (κ1) is 19.1. The van der Waals surface area contributed by atoms with E-state index in [2.05, 4.69) is 0 Å². The molecule has 10 nitrogen and oxygen atoms in total. The zero-order valence-electron chi connectivity index (χ0n) is 9.72. The molecular weight excluding hydrogens is 266 g/mol. The predicted molar refractivity (Wildman–Crippen MR) is 58.4 cm³/mol. The van der Waals surface area contributed by atoms with Crippen LogP contribution in [0, 0.1) is 0 Å². The highest BCUT2D eigenvalue weighted by Gasteiger charge is 2.16. The fourth-order valence-electron chi connectivity index (χ4n) is 0.655. The molecule has 7 N–H and O–H groups in total. The molecule has 10 heteroatoms. The number of aliphatic hydroxyl groups is 1. The van der Waals surface area contributed by atoms with E-state index in [4.69, 9.17) is 31.3 Å². The Morgan fingerprint density at radius 2 is 1.37 bits per heavy atom. The molecule has 0 fully saturated rings. The van der Waals surface area contributed by atoms with Gasteiger partial charge >= 0.3 is 23.9 Å². The molecule has 0 bridgehead atoms. The quantitative estimate of drug-likeness (QED) is 0.308. The van der Waals surface area contributed by atoms with Crippen LogP contribution in [0.5, 0.6) is 0 Å². The second-order valence-corrected chi connectivity index (χ2v) is 3.33. The van der Waals surface area contributed by atoms with E-state index in [0.29, 0.717) is 0 Å². The Morgan fingerprint density at radius 3 is 1.58 bits per heavy atom. The fraction of sp³-hybridized carbons (Fsp3) is 0.556. The van der Waals surface area contributed by atoms with Crippen LogP contribution in [0.2, 0.25) is 0 Å². The summed E-state index contributed by atoms with van der Waals surface area (Å²) in [5.41, 5.74) is 5.00. The van der Waals surface area contributed by atoms with Gasteiger partial charge in [0, 0.05) is 6.42 Å². The molecule has 0 aromatic rings. The number of carboxylic acid groups (broad SMARTS) is 4. The maximum atomic E-state index is 9.99. The lowest BCUT2D eigenvalue weighted by atomic mass is 10.2. The van der Waals surface area contributed by atoms with Crippen LogP contribution in [0.15, 0.2) is 0 Å². The van der Waals surface area contributed by atoms with Gasteiger partial charge in [-0.1, -0.05) is 0 Å². The van der Waals surface area contributed by atoms with E-state index >= 15 is 0 Å². The molecule has 0 aliphatic heterocycles. The second-order valence-electron chi connectivity index (χ2n) is 3.33. The summed E-state index contributed by atoms with van der Waals surface area (Å²) >= 11 is 0. The van der Waals surface area contributed by atoms with Crippen molar-refractivity contribution in [1.82, 2.24) is 0 Å². The Labute approximate surface area is 107 Å². The molecule has 0 aliphatic rings. The van der Waals surface area contributed by atoms with E-state index in [-0.39, 0.29) is 12.8 Å². The Kier molecular flexibility index (Phi) is 9.87. The van der Waals surface area contributed by atoms with Crippen molar-refractivity contribution in [2.75, 3.05) is 0 Å². The average molecular weight is 281 g/mol. The average Bonchev–Trinajstić information content (AvgIpc) is 2.25. The first-order valence-corrected chi connectivity index (χ1v) is 4.90. The summed E-state index contributed by atoms with van der Waals surface area (Å²) in [6, 6.07) is -1.06. The number of carbonyl (C=O) groups is 4. The predicted octanol–water partition coefficient (Wildman–Crippen LogP) is -1.83. The lowest BCUT2D eigenvalue weighted by Crippen LogP contribution is -2.30. The minimum absolute atomic E-state index is 0.0231. The van der Waals surface area contributed by atoms with Crippen molar-refractivity contribution in [1.29, 1.82) is 0 Å². The molecule has 1 unspecified atom stereocenters. The molecule has 0 rings (SSSR count). The number of aliphatic hydroxyl groups excluding tert-OH is 1. The molecule has 19 heavy (non-hydrogen) atoms. The van der Waals surface area contributed by atoms with Crippen LogP contribution in [0.3, 0.4) is 0 Å². The lowest BCUT2D eigenvalue weighted by molar-refractivity contribution is -0.152. The van der Waals surface area contributed by atoms with Gasteiger partial charge in [0.15, 0.2) is 6.10 Å². The molecule has 0 aliphatic carbocycles. The van der Waals surface area contributed by atoms with Gasteiger partial charge in [0.2, 0.25) is 0 Å².